The first-order valence-corrected chi connectivity index (χ1v) is 12.0. The van der Waals surface area contributed by atoms with Crippen molar-refractivity contribution in [3.8, 4) is 11.5 Å². The number of hydrogen-bond acceptors (Lipinski definition) is 3. The summed E-state index contributed by atoms with van der Waals surface area (Å²) in [6.07, 6.45) is 0. The third kappa shape index (κ3) is 2.05. The van der Waals surface area contributed by atoms with E-state index >= 15 is 0 Å². The second-order valence-corrected chi connectivity index (χ2v) is 12.0. The Bertz CT molecular complexity index is 1190. The molecule has 0 unspecified atom stereocenters. The number of para-hydroxylation sites is 2. The summed E-state index contributed by atoms with van der Waals surface area (Å²) in [5.74, 6) is 1.63. The van der Waals surface area contributed by atoms with Crippen molar-refractivity contribution in [1.29, 1.82) is 0 Å². The Hall–Kier alpha value is -3.31. The number of rotatable bonds is 1. The van der Waals surface area contributed by atoms with E-state index in [1.54, 1.807) is 0 Å². The third-order valence-electron chi connectivity index (χ3n) is 6.42. The summed E-state index contributed by atoms with van der Waals surface area (Å²) in [6, 6.07) is 26.5. The molecule has 0 aliphatic carbocycles. The van der Waals surface area contributed by atoms with Gasteiger partial charge in [0.15, 0.2) is 0 Å². The van der Waals surface area contributed by atoms with Gasteiger partial charge in [-0.25, -0.2) is 0 Å². The summed E-state index contributed by atoms with van der Waals surface area (Å²) in [6.45, 7) is 6.57. The van der Waals surface area contributed by atoms with Crippen LogP contribution in [0.5, 0.6) is 11.5 Å². The molecule has 2 aliphatic heterocycles. The first kappa shape index (κ1) is 17.8. The first-order valence-electron chi connectivity index (χ1n) is 9.77. The molecule has 4 nitrogen and oxygen atoms in total. The fourth-order valence-corrected chi connectivity index (χ4v) is 9.96. The Balaban J connectivity index is 1.93. The molecule has 5 rings (SSSR count). The van der Waals surface area contributed by atoms with Crippen LogP contribution in [0.25, 0.3) is 5.70 Å². The molecule has 0 bridgehead atoms. The Labute approximate surface area is 171 Å². The second-order valence-electron chi connectivity index (χ2n) is 7.69. The zero-order valence-corrected chi connectivity index (χ0v) is 17.9. The van der Waals surface area contributed by atoms with E-state index in [4.69, 9.17) is 8.85 Å². The maximum atomic E-state index is 7.06. The van der Waals surface area contributed by atoms with Gasteiger partial charge < -0.3 is 0 Å². The van der Waals surface area contributed by atoms with E-state index in [1.165, 1.54) is 0 Å². The van der Waals surface area contributed by atoms with Gasteiger partial charge in [-0.2, -0.15) is 0 Å². The van der Waals surface area contributed by atoms with Gasteiger partial charge in [-0.05, 0) is 0 Å². The van der Waals surface area contributed by atoms with Gasteiger partial charge in [-0.3, -0.25) is 0 Å². The topological polar surface area (TPSA) is 24.7 Å². The van der Waals surface area contributed by atoms with Gasteiger partial charge in [0.2, 0.25) is 0 Å². The van der Waals surface area contributed by atoms with Crippen LogP contribution >= 0.6 is 0 Å². The molecule has 0 atom stereocenters. The van der Waals surface area contributed by atoms with E-state index in [2.05, 4.69) is 47.6 Å². The molecule has 0 amide bonds. The molecule has 5 heteroatoms. The minimum absolute atomic E-state index is 0.798. The summed E-state index contributed by atoms with van der Waals surface area (Å²) in [5.41, 5.74) is 4.07. The van der Waals surface area contributed by atoms with Gasteiger partial charge in [0, 0.05) is 0 Å². The van der Waals surface area contributed by atoms with E-state index in [9.17, 15) is 0 Å². The number of nitrogens with zero attached hydrogens (tertiary/aromatic N) is 2. The monoisotopic (exact) mass is 400 g/mol. The summed E-state index contributed by atoms with van der Waals surface area (Å²) in [7, 11) is -0.0530. The molecule has 0 fully saturated rings. The van der Waals surface area contributed by atoms with E-state index in [1.807, 2.05) is 67.7 Å². The van der Waals surface area contributed by atoms with Crippen LogP contribution in [0.3, 0.4) is 0 Å². The van der Waals surface area contributed by atoms with Gasteiger partial charge in [0.25, 0.3) is 0 Å². The zero-order chi connectivity index (χ0) is 20.2. The maximum absolute atomic E-state index is 7.06. The SMILES string of the molecule is C=C1c2ccccc2O[Si-]2(c3ccccc3)(Oc3ccccc3C(C)=[N+]2C)N1C. The number of hydrogen-bond donors (Lipinski definition) is 0. The summed E-state index contributed by atoms with van der Waals surface area (Å²) >= 11 is 0. The second kappa shape index (κ2) is 5.84. The van der Waals surface area contributed by atoms with E-state index in [0.717, 1.165) is 39.2 Å². The Morgan fingerprint density at radius 1 is 0.793 bits per heavy atom. The molecule has 3 aromatic rings. The standard InChI is InChI=1S/C24H24N2O2Si/c1-18-21-14-8-10-16-23(21)27-29(25(18)3,20-12-6-5-7-13-20)26(4)19(2)22-15-9-11-17-24(22)28-29/h5-17H,1H2,2-4H3. The van der Waals surface area contributed by atoms with Crippen molar-refractivity contribution in [3.05, 3.63) is 96.6 Å². The molecule has 3 aromatic carbocycles. The van der Waals surface area contributed by atoms with Crippen molar-refractivity contribution in [2.45, 2.75) is 6.92 Å². The molecule has 0 N–H and O–H groups in total. The van der Waals surface area contributed by atoms with Crippen LogP contribution in [0, 0.1) is 0 Å². The average molecular weight is 401 g/mol. The zero-order valence-electron chi connectivity index (χ0n) is 16.9. The van der Waals surface area contributed by atoms with Crippen LogP contribution in [0.1, 0.15) is 18.1 Å². The van der Waals surface area contributed by atoms with E-state index in [0.29, 0.717) is 0 Å². The normalized spacial score (nSPS) is 20.0. The van der Waals surface area contributed by atoms with Gasteiger partial charge >= 0.3 is 172 Å². The third-order valence-corrected chi connectivity index (χ3v) is 11.9. The van der Waals surface area contributed by atoms with Crippen molar-refractivity contribution in [2.75, 3.05) is 14.1 Å². The fraction of sp³-hybridized carbons (Fsp3) is 0.125. The van der Waals surface area contributed by atoms with Crippen LogP contribution < -0.4 is 14.0 Å². The Kier molecular flexibility index (Phi) is 3.58. The van der Waals surface area contributed by atoms with E-state index in [-0.39, 0.29) is 0 Å². The Morgan fingerprint density at radius 3 is 1.97 bits per heavy atom. The molecule has 0 aromatic heterocycles. The van der Waals surface area contributed by atoms with Crippen LogP contribution in [-0.2, 0) is 0 Å². The number of benzene rings is 3. The molecule has 0 saturated carbocycles. The molecule has 2 heterocycles. The van der Waals surface area contributed by atoms with Gasteiger partial charge in [0.1, 0.15) is 0 Å². The molecular formula is C24H24N2O2Si. The van der Waals surface area contributed by atoms with Crippen molar-refractivity contribution < 1.29 is 13.1 Å². The first-order chi connectivity index (χ1) is 14.0. The van der Waals surface area contributed by atoms with Gasteiger partial charge in [-0.1, -0.05) is 0 Å². The molecule has 29 heavy (non-hydrogen) atoms. The molecule has 0 radical (unpaired) electrons. The molecule has 2 aliphatic rings. The van der Waals surface area contributed by atoms with Crippen LogP contribution in [0.2, 0.25) is 0 Å². The van der Waals surface area contributed by atoms with Crippen molar-refractivity contribution in [2.24, 2.45) is 0 Å². The fourth-order valence-electron chi connectivity index (χ4n) is 4.69. The van der Waals surface area contributed by atoms with Gasteiger partial charge in [0.05, 0.1) is 0 Å². The molecule has 0 saturated heterocycles. The van der Waals surface area contributed by atoms with Crippen LogP contribution in [0.15, 0.2) is 85.4 Å². The summed E-state index contributed by atoms with van der Waals surface area (Å²) in [5, 5.41) is 1.02. The predicted octanol–water partition coefficient (Wildman–Crippen LogP) is 3.82. The quantitative estimate of drug-likeness (QED) is 0.581. The van der Waals surface area contributed by atoms with Crippen LogP contribution in [-0.4, -0.2) is 36.8 Å². The Morgan fingerprint density at radius 2 is 1.31 bits per heavy atom. The van der Waals surface area contributed by atoms with E-state index < -0.39 is 8.16 Å². The predicted molar refractivity (Wildman–Crippen MR) is 119 cm³/mol. The summed E-state index contributed by atoms with van der Waals surface area (Å²) in [4.78, 5) is 0. The van der Waals surface area contributed by atoms with Crippen molar-refractivity contribution in [1.82, 2.24) is 4.57 Å². The average Bonchev–Trinajstić information content (AvgIpc) is 2.77. The minimum atomic E-state index is -4.16. The van der Waals surface area contributed by atoms with Crippen LogP contribution in [0.4, 0.5) is 0 Å². The van der Waals surface area contributed by atoms with Crippen molar-refractivity contribution in [3.63, 3.8) is 0 Å². The van der Waals surface area contributed by atoms with Gasteiger partial charge in [-0.15, -0.1) is 0 Å². The molecule has 1 spiro atoms. The number of fused-ring (bicyclic) bond motifs is 2. The molecular weight excluding hydrogens is 376 g/mol. The summed E-state index contributed by atoms with van der Waals surface area (Å²) < 4.78 is 18.5. The molecule has 146 valence electrons. The van der Waals surface area contributed by atoms with Crippen molar-refractivity contribution >= 4 is 24.8 Å².